The third-order valence-corrected chi connectivity index (χ3v) is 8.22. The summed E-state index contributed by atoms with van der Waals surface area (Å²) in [5.74, 6) is -0.992. The van der Waals surface area contributed by atoms with Crippen molar-refractivity contribution in [3.63, 3.8) is 0 Å². The summed E-state index contributed by atoms with van der Waals surface area (Å²) >= 11 is 6.09. The third-order valence-electron chi connectivity index (χ3n) is 6.79. The highest BCUT2D eigenvalue weighted by Crippen LogP contribution is 2.23. The molecule has 10 heteroatoms. The number of sulfonamides is 1. The number of benzene rings is 3. The molecule has 7 nitrogen and oxygen atoms in total. The Morgan fingerprint density at radius 2 is 1.66 bits per heavy atom. The smallest absolute Gasteiger partial charge is 0.243 e. The van der Waals surface area contributed by atoms with Crippen LogP contribution in [0.5, 0.6) is 0 Å². The van der Waals surface area contributed by atoms with Crippen LogP contribution in [0.1, 0.15) is 44.2 Å². The van der Waals surface area contributed by atoms with Crippen LogP contribution in [-0.2, 0) is 32.6 Å². The summed E-state index contributed by atoms with van der Waals surface area (Å²) < 4.78 is 40.0. The van der Waals surface area contributed by atoms with Gasteiger partial charge in [-0.15, -0.1) is 0 Å². The zero-order valence-electron chi connectivity index (χ0n) is 23.6. The van der Waals surface area contributed by atoms with E-state index in [2.05, 4.69) is 5.32 Å². The number of anilines is 1. The second kappa shape index (κ2) is 15.0. The fourth-order valence-corrected chi connectivity index (χ4v) is 5.56. The van der Waals surface area contributed by atoms with E-state index in [1.165, 1.54) is 21.3 Å². The van der Waals surface area contributed by atoms with Crippen LogP contribution >= 0.6 is 11.6 Å². The van der Waals surface area contributed by atoms with Gasteiger partial charge in [-0.05, 0) is 61.2 Å². The number of amides is 2. The number of rotatable bonds is 14. The highest BCUT2D eigenvalue weighted by atomic mass is 35.5. The first-order valence-corrected chi connectivity index (χ1v) is 15.8. The molecule has 0 unspecified atom stereocenters. The van der Waals surface area contributed by atoms with Gasteiger partial charge in [0.25, 0.3) is 0 Å². The van der Waals surface area contributed by atoms with Gasteiger partial charge in [0, 0.05) is 37.0 Å². The highest BCUT2D eigenvalue weighted by molar-refractivity contribution is 7.92. The van der Waals surface area contributed by atoms with E-state index in [4.69, 9.17) is 11.6 Å². The van der Waals surface area contributed by atoms with Crippen LogP contribution in [0.2, 0.25) is 5.02 Å². The van der Waals surface area contributed by atoms with E-state index >= 15 is 0 Å². The molecule has 0 fully saturated rings. The Hall–Kier alpha value is -3.43. The van der Waals surface area contributed by atoms with Crippen molar-refractivity contribution in [2.45, 2.75) is 58.2 Å². The van der Waals surface area contributed by atoms with Crippen molar-refractivity contribution in [3.8, 4) is 0 Å². The summed E-state index contributed by atoms with van der Waals surface area (Å²) in [4.78, 5) is 28.9. The summed E-state index contributed by atoms with van der Waals surface area (Å²) in [6, 6.07) is 20.8. The van der Waals surface area contributed by atoms with E-state index in [1.54, 1.807) is 36.4 Å². The molecule has 2 amide bonds. The Bertz CT molecular complexity index is 1400. The van der Waals surface area contributed by atoms with Gasteiger partial charge in [0.2, 0.25) is 21.8 Å². The average molecular weight is 602 g/mol. The lowest BCUT2D eigenvalue weighted by molar-refractivity contribution is -0.141. The second-order valence-electron chi connectivity index (χ2n) is 10.1. The number of carbonyl (C=O) groups is 2. The van der Waals surface area contributed by atoms with Gasteiger partial charge in [-0.2, -0.15) is 0 Å². The fraction of sp³-hybridized carbons (Fsp3) is 0.355. The van der Waals surface area contributed by atoms with E-state index in [9.17, 15) is 22.4 Å². The van der Waals surface area contributed by atoms with Crippen molar-refractivity contribution in [2.24, 2.45) is 0 Å². The molecule has 0 bridgehead atoms. The summed E-state index contributed by atoms with van der Waals surface area (Å²) in [5, 5.41) is 3.41. The second-order valence-corrected chi connectivity index (χ2v) is 12.4. The van der Waals surface area contributed by atoms with Crippen molar-refractivity contribution >= 4 is 39.1 Å². The number of nitrogens with zero attached hydrogens (tertiary/aromatic N) is 2. The van der Waals surface area contributed by atoms with Crippen molar-refractivity contribution in [1.29, 1.82) is 0 Å². The van der Waals surface area contributed by atoms with E-state index in [0.717, 1.165) is 18.2 Å². The Morgan fingerprint density at radius 1 is 0.976 bits per heavy atom. The maximum absolute atomic E-state index is 13.8. The summed E-state index contributed by atoms with van der Waals surface area (Å²) in [6.07, 6.45) is 2.32. The molecular formula is C31H37ClFN3O4S. The van der Waals surface area contributed by atoms with Gasteiger partial charge >= 0.3 is 0 Å². The van der Waals surface area contributed by atoms with Gasteiger partial charge < -0.3 is 10.2 Å². The Balaban J connectivity index is 1.89. The Labute approximate surface area is 247 Å². The van der Waals surface area contributed by atoms with Crippen molar-refractivity contribution < 1.29 is 22.4 Å². The molecule has 0 aliphatic heterocycles. The lowest BCUT2D eigenvalue weighted by Gasteiger charge is -2.32. The summed E-state index contributed by atoms with van der Waals surface area (Å²) in [5.41, 5.74) is 1.97. The maximum atomic E-state index is 13.8. The number of hydrogen-bond acceptors (Lipinski definition) is 4. The molecule has 220 valence electrons. The SMILES string of the molecule is CC[C@H](C)NC(=O)[C@H](Cc1ccccc1)N(Cc1ccc(F)cc1)C(=O)CCCN(c1cccc(Cl)c1)S(C)(=O)=O. The van der Waals surface area contributed by atoms with Crippen LogP contribution in [0.3, 0.4) is 0 Å². The van der Waals surface area contributed by atoms with Crippen molar-refractivity contribution in [1.82, 2.24) is 10.2 Å². The Morgan fingerprint density at radius 3 is 2.27 bits per heavy atom. The monoisotopic (exact) mass is 601 g/mol. The molecule has 0 aromatic heterocycles. The molecule has 3 aromatic rings. The van der Waals surface area contributed by atoms with Crippen LogP contribution in [-0.4, -0.2) is 50.0 Å². The van der Waals surface area contributed by atoms with E-state index < -0.39 is 21.9 Å². The molecule has 0 aliphatic rings. The van der Waals surface area contributed by atoms with Crippen LogP contribution in [0.4, 0.5) is 10.1 Å². The van der Waals surface area contributed by atoms with Crippen LogP contribution < -0.4 is 9.62 Å². The van der Waals surface area contributed by atoms with Gasteiger partial charge in [0.05, 0.1) is 11.9 Å². The van der Waals surface area contributed by atoms with Crippen molar-refractivity contribution in [2.75, 3.05) is 17.1 Å². The first-order chi connectivity index (χ1) is 19.5. The molecule has 0 saturated heterocycles. The zero-order chi connectivity index (χ0) is 30.0. The van der Waals surface area contributed by atoms with Gasteiger partial charge in [0.15, 0.2) is 0 Å². The average Bonchev–Trinajstić information content (AvgIpc) is 2.93. The fourth-order valence-electron chi connectivity index (χ4n) is 4.42. The van der Waals surface area contributed by atoms with Gasteiger partial charge in [0.1, 0.15) is 11.9 Å². The summed E-state index contributed by atoms with van der Waals surface area (Å²) in [7, 11) is -3.64. The molecule has 3 aromatic carbocycles. The topological polar surface area (TPSA) is 86.8 Å². The van der Waals surface area contributed by atoms with Crippen LogP contribution in [0.15, 0.2) is 78.9 Å². The molecule has 0 saturated carbocycles. The lowest BCUT2D eigenvalue weighted by atomic mass is 10.0. The molecule has 1 N–H and O–H groups in total. The van der Waals surface area contributed by atoms with Gasteiger partial charge in [-0.1, -0.05) is 67.1 Å². The minimum atomic E-state index is -3.64. The number of hydrogen-bond donors (Lipinski definition) is 1. The molecule has 0 spiro atoms. The number of carbonyl (C=O) groups excluding carboxylic acids is 2. The summed E-state index contributed by atoms with van der Waals surface area (Å²) in [6.45, 7) is 4.01. The standard InChI is InChI=1S/C31H37ClFN3O4S/c1-4-23(2)34-31(38)29(20-24-10-6-5-7-11-24)35(22-25-15-17-27(33)18-16-25)30(37)14-9-19-36(41(3,39)40)28-13-8-12-26(32)21-28/h5-8,10-13,15-18,21,23,29H,4,9,14,19-20,22H2,1-3H3,(H,34,38)/t23-,29-/m0/s1. The molecule has 3 rings (SSSR count). The largest absolute Gasteiger partial charge is 0.352 e. The minimum absolute atomic E-state index is 0.00428. The molecule has 0 aliphatic carbocycles. The maximum Gasteiger partial charge on any atom is 0.243 e. The lowest BCUT2D eigenvalue weighted by Crippen LogP contribution is -2.52. The number of halogens is 2. The Kier molecular flexibility index (Phi) is 11.7. The minimum Gasteiger partial charge on any atom is -0.352 e. The molecule has 0 radical (unpaired) electrons. The van der Waals surface area contributed by atoms with E-state index in [-0.39, 0.29) is 50.2 Å². The quantitative estimate of drug-likeness (QED) is 0.261. The molecule has 41 heavy (non-hydrogen) atoms. The highest BCUT2D eigenvalue weighted by Gasteiger charge is 2.31. The third kappa shape index (κ3) is 9.86. The van der Waals surface area contributed by atoms with Crippen LogP contribution in [0.25, 0.3) is 0 Å². The predicted molar refractivity (Wildman–Crippen MR) is 162 cm³/mol. The van der Waals surface area contributed by atoms with E-state index in [0.29, 0.717) is 16.3 Å². The molecule has 2 atom stereocenters. The van der Waals surface area contributed by atoms with Crippen molar-refractivity contribution in [3.05, 3.63) is 101 Å². The van der Waals surface area contributed by atoms with Gasteiger partial charge in [-0.25, -0.2) is 12.8 Å². The molecule has 0 heterocycles. The molecular weight excluding hydrogens is 565 g/mol. The zero-order valence-corrected chi connectivity index (χ0v) is 25.2. The van der Waals surface area contributed by atoms with Crippen LogP contribution in [0, 0.1) is 5.82 Å². The normalized spacial score (nSPS) is 12.8. The van der Waals surface area contributed by atoms with E-state index in [1.807, 2.05) is 44.2 Å². The van der Waals surface area contributed by atoms with Gasteiger partial charge in [-0.3, -0.25) is 13.9 Å². The number of nitrogens with one attached hydrogen (secondary N) is 1. The first kappa shape index (κ1) is 32.1. The first-order valence-electron chi connectivity index (χ1n) is 13.6. The predicted octanol–water partition coefficient (Wildman–Crippen LogP) is 5.58.